The Hall–Kier alpha value is -0.140. The topological polar surface area (TPSA) is 49.4 Å². The average molecular weight is 396 g/mol. The lowest BCUT2D eigenvalue weighted by atomic mass is 10.1. The smallest absolute Gasteiger partial charge is 0.213 e. The van der Waals surface area contributed by atoms with Gasteiger partial charge in [-0.15, -0.1) is 0 Å². The predicted molar refractivity (Wildman–Crippen MR) is 90.0 cm³/mol. The third-order valence-corrected chi connectivity index (χ3v) is 6.89. The highest BCUT2D eigenvalue weighted by atomic mass is 79.9. The summed E-state index contributed by atoms with van der Waals surface area (Å²) in [5, 5.41) is 4.19. The molecule has 0 bridgehead atoms. The van der Waals surface area contributed by atoms with Crippen LogP contribution >= 0.6 is 27.5 Å². The second-order valence-corrected chi connectivity index (χ2v) is 8.72. The lowest BCUT2D eigenvalue weighted by Crippen LogP contribution is -2.45. The zero-order valence-electron chi connectivity index (χ0n) is 12.0. The Morgan fingerprint density at radius 2 is 2.05 bits per heavy atom. The number of nitrogens with zero attached hydrogens (tertiary/aromatic N) is 1. The fourth-order valence-corrected chi connectivity index (χ4v) is 4.11. The third kappa shape index (κ3) is 4.66. The van der Waals surface area contributed by atoms with Crippen LogP contribution in [0.4, 0.5) is 0 Å². The minimum absolute atomic E-state index is 0.184. The van der Waals surface area contributed by atoms with E-state index in [9.17, 15) is 8.42 Å². The van der Waals surface area contributed by atoms with Gasteiger partial charge in [0.05, 0.1) is 10.8 Å². The molecule has 1 fully saturated rings. The summed E-state index contributed by atoms with van der Waals surface area (Å²) in [4.78, 5) is 0. The van der Waals surface area contributed by atoms with Gasteiger partial charge in [-0.3, -0.25) is 0 Å². The standard InChI is InChI=1S/C14H20BrClN2O2S/c1-2-21(19,20)18-7-5-12(6-8-18)17-10-11-3-4-14(16)13(15)9-11/h3-4,9,12,17H,2,5-8,10H2,1H3. The molecule has 0 atom stereocenters. The largest absolute Gasteiger partial charge is 0.310 e. The fourth-order valence-electron chi connectivity index (χ4n) is 2.43. The summed E-state index contributed by atoms with van der Waals surface area (Å²) in [6.45, 7) is 3.68. The van der Waals surface area contributed by atoms with Gasteiger partial charge in [-0.25, -0.2) is 12.7 Å². The molecule has 0 amide bonds. The van der Waals surface area contributed by atoms with Gasteiger partial charge in [0.1, 0.15) is 0 Å². The molecule has 21 heavy (non-hydrogen) atoms. The zero-order valence-corrected chi connectivity index (χ0v) is 15.1. The average Bonchev–Trinajstić information content (AvgIpc) is 2.49. The molecule has 2 rings (SSSR count). The van der Waals surface area contributed by atoms with Crippen molar-refractivity contribution >= 4 is 37.6 Å². The maximum atomic E-state index is 11.8. The van der Waals surface area contributed by atoms with Crippen LogP contribution in [-0.2, 0) is 16.6 Å². The normalized spacial score (nSPS) is 18.0. The van der Waals surface area contributed by atoms with Crippen LogP contribution in [0.3, 0.4) is 0 Å². The molecule has 1 aromatic carbocycles. The van der Waals surface area contributed by atoms with Gasteiger partial charge in [0.2, 0.25) is 10.0 Å². The molecule has 0 radical (unpaired) electrons. The van der Waals surface area contributed by atoms with Crippen molar-refractivity contribution in [3.8, 4) is 0 Å². The molecule has 0 saturated carbocycles. The molecule has 1 saturated heterocycles. The maximum Gasteiger partial charge on any atom is 0.213 e. The SMILES string of the molecule is CCS(=O)(=O)N1CCC(NCc2ccc(Cl)c(Br)c2)CC1. The zero-order chi connectivity index (χ0) is 15.5. The van der Waals surface area contributed by atoms with E-state index in [4.69, 9.17) is 11.6 Å². The number of benzene rings is 1. The monoisotopic (exact) mass is 394 g/mol. The Labute approximate surface area is 140 Å². The molecule has 0 aromatic heterocycles. The van der Waals surface area contributed by atoms with E-state index in [-0.39, 0.29) is 5.75 Å². The van der Waals surface area contributed by atoms with Gasteiger partial charge in [-0.1, -0.05) is 17.7 Å². The van der Waals surface area contributed by atoms with Crippen LogP contribution in [0.2, 0.25) is 5.02 Å². The van der Waals surface area contributed by atoms with Gasteiger partial charge in [0.15, 0.2) is 0 Å². The van der Waals surface area contributed by atoms with Crippen molar-refractivity contribution in [2.24, 2.45) is 0 Å². The summed E-state index contributed by atoms with van der Waals surface area (Å²) >= 11 is 9.39. The van der Waals surface area contributed by atoms with Crippen LogP contribution in [0, 0.1) is 0 Å². The lowest BCUT2D eigenvalue weighted by Gasteiger charge is -2.31. The van der Waals surface area contributed by atoms with Gasteiger partial charge in [-0.2, -0.15) is 0 Å². The molecular formula is C14H20BrClN2O2S. The first-order valence-electron chi connectivity index (χ1n) is 7.07. The number of hydrogen-bond donors (Lipinski definition) is 1. The van der Waals surface area contributed by atoms with E-state index < -0.39 is 10.0 Å². The second-order valence-electron chi connectivity index (χ2n) is 5.20. The summed E-state index contributed by atoms with van der Waals surface area (Å²) in [5.41, 5.74) is 1.16. The Bertz CT molecular complexity index is 587. The van der Waals surface area contributed by atoms with Crippen LogP contribution < -0.4 is 5.32 Å². The van der Waals surface area contributed by atoms with Crippen molar-refractivity contribution in [3.05, 3.63) is 33.3 Å². The molecule has 1 aliphatic heterocycles. The van der Waals surface area contributed by atoms with E-state index >= 15 is 0 Å². The molecule has 1 aliphatic rings. The number of rotatable bonds is 5. The van der Waals surface area contributed by atoms with Crippen molar-refractivity contribution in [1.82, 2.24) is 9.62 Å². The summed E-state index contributed by atoms with van der Waals surface area (Å²) < 4.78 is 26.1. The maximum absolute atomic E-state index is 11.8. The number of sulfonamides is 1. The van der Waals surface area contributed by atoms with Crippen LogP contribution in [0.15, 0.2) is 22.7 Å². The first-order valence-corrected chi connectivity index (χ1v) is 9.85. The Morgan fingerprint density at radius 3 is 2.62 bits per heavy atom. The third-order valence-electron chi connectivity index (χ3n) is 3.79. The van der Waals surface area contributed by atoms with E-state index in [2.05, 4.69) is 21.2 Å². The van der Waals surface area contributed by atoms with Crippen molar-refractivity contribution in [2.75, 3.05) is 18.8 Å². The molecular weight excluding hydrogens is 376 g/mol. The highest BCUT2D eigenvalue weighted by Crippen LogP contribution is 2.23. The van der Waals surface area contributed by atoms with Crippen molar-refractivity contribution < 1.29 is 8.42 Å². The molecule has 0 spiro atoms. The van der Waals surface area contributed by atoms with Crippen LogP contribution in [0.5, 0.6) is 0 Å². The first-order chi connectivity index (χ1) is 9.92. The molecule has 1 N–H and O–H groups in total. The van der Waals surface area contributed by atoms with E-state index in [0.29, 0.717) is 24.2 Å². The molecule has 1 aromatic rings. The molecule has 0 aliphatic carbocycles. The fraction of sp³-hybridized carbons (Fsp3) is 0.571. The van der Waals surface area contributed by atoms with Gasteiger partial charge in [-0.05, 0) is 53.4 Å². The van der Waals surface area contributed by atoms with Gasteiger partial charge in [0, 0.05) is 30.1 Å². The molecule has 1 heterocycles. The van der Waals surface area contributed by atoms with Crippen molar-refractivity contribution in [1.29, 1.82) is 0 Å². The van der Waals surface area contributed by atoms with Crippen LogP contribution in [0.1, 0.15) is 25.3 Å². The van der Waals surface area contributed by atoms with E-state index in [1.807, 2.05) is 18.2 Å². The van der Waals surface area contributed by atoms with Gasteiger partial charge in [0.25, 0.3) is 0 Å². The molecule has 0 unspecified atom stereocenters. The second kappa shape index (κ2) is 7.42. The van der Waals surface area contributed by atoms with E-state index in [1.165, 1.54) is 0 Å². The molecule has 4 nitrogen and oxygen atoms in total. The summed E-state index contributed by atoms with van der Waals surface area (Å²) in [6, 6.07) is 6.24. The van der Waals surface area contributed by atoms with E-state index in [1.54, 1.807) is 11.2 Å². The highest BCUT2D eigenvalue weighted by Gasteiger charge is 2.26. The predicted octanol–water partition coefficient (Wildman–Crippen LogP) is 3.01. The van der Waals surface area contributed by atoms with Crippen molar-refractivity contribution in [2.45, 2.75) is 32.4 Å². The quantitative estimate of drug-likeness (QED) is 0.834. The first kappa shape index (κ1) is 17.2. The number of halogens is 2. The van der Waals surface area contributed by atoms with Crippen LogP contribution in [-0.4, -0.2) is 37.6 Å². The van der Waals surface area contributed by atoms with Crippen LogP contribution in [0.25, 0.3) is 0 Å². The summed E-state index contributed by atoms with van der Waals surface area (Å²) in [5.74, 6) is 0.184. The summed E-state index contributed by atoms with van der Waals surface area (Å²) in [7, 11) is -3.04. The minimum atomic E-state index is -3.04. The Morgan fingerprint density at radius 1 is 1.38 bits per heavy atom. The molecule has 118 valence electrons. The number of piperidine rings is 1. The number of nitrogens with one attached hydrogen (secondary N) is 1. The Kier molecular flexibility index (Phi) is 6.08. The summed E-state index contributed by atoms with van der Waals surface area (Å²) in [6.07, 6.45) is 1.71. The lowest BCUT2D eigenvalue weighted by molar-refractivity contribution is 0.289. The molecule has 7 heteroatoms. The van der Waals surface area contributed by atoms with Gasteiger partial charge < -0.3 is 5.32 Å². The van der Waals surface area contributed by atoms with Crippen molar-refractivity contribution in [3.63, 3.8) is 0 Å². The minimum Gasteiger partial charge on any atom is -0.310 e. The Balaban J connectivity index is 1.82. The van der Waals surface area contributed by atoms with E-state index in [0.717, 1.165) is 29.4 Å². The van der Waals surface area contributed by atoms with Gasteiger partial charge >= 0.3 is 0 Å². The number of hydrogen-bond acceptors (Lipinski definition) is 3. The highest BCUT2D eigenvalue weighted by molar-refractivity contribution is 9.10.